The number of fused-ring (bicyclic) bond motifs is 1. The number of nitrogens with one attached hydrogen (secondary N) is 1. The van der Waals surface area contributed by atoms with Crippen LogP contribution in [-0.2, 0) is 4.79 Å². The summed E-state index contributed by atoms with van der Waals surface area (Å²) in [5.74, 6) is 0.962. The first-order chi connectivity index (χ1) is 10.1. The zero-order valence-corrected chi connectivity index (χ0v) is 12.9. The third-order valence-electron chi connectivity index (χ3n) is 4.03. The minimum atomic E-state index is 0.164. The highest BCUT2D eigenvalue weighted by atomic mass is 35.5. The molecule has 3 rings (SSSR count). The number of carbonyl (C=O) groups excluding carboxylic acids is 1. The van der Waals surface area contributed by atoms with Gasteiger partial charge in [0.05, 0.1) is 18.8 Å². The first kappa shape index (κ1) is 14.5. The molecule has 1 aromatic rings. The van der Waals surface area contributed by atoms with Crippen molar-refractivity contribution >= 4 is 23.2 Å². The van der Waals surface area contributed by atoms with Crippen molar-refractivity contribution in [3.8, 4) is 5.75 Å². The Balaban J connectivity index is 1.74. The van der Waals surface area contributed by atoms with Gasteiger partial charge in [0.1, 0.15) is 12.4 Å². The molecule has 2 aliphatic heterocycles. The number of halogens is 1. The van der Waals surface area contributed by atoms with E-state index >= 15 is 0 Å². The second kappa shape index (κ2) is 6.12. The summed E-state index contributed by atoms with van der Waals surface area (Å²) in [6.07, 6.45) is 0. The topological polar surface area (TPSA) is 44.8 Å². The van der Waals surface area contributed by atoms with Crippen LogP contribution in [0.25, 0.3) is 0 Å². The number of benzene rings is 1. The predicted molar refractivity (Wildman–Crippen MR) is 83.2 cm³/mol. The summed E-state index contributed by atoms with van der Waals surface area (Å²) in [5.41, 5.74) is 0.907. The molecule has 1 saturated heterocycles. The molecule has 0 bridgehead atoms. The Morgan fingerprint density at radius 3 is 3.14 bits per heavy atom. The van der Waals surface area contributed by atoms with Gasteiger partial charge in [-0.25, -0.2) is 0 Å². The van der Waals surface area contributed by atoms with E-state index in [-0.39, 0.29) is 11.9 Å². The van der Waals surface area contributed by atoms with Crippen molar-refractivity contribution in [2.24, 2.45) is 0 Å². The Bertz CT molecular complexity index is 538. The molecule has 1 N–H and O–H groups in total. The van der Waals surface area contributed by atoms with Gasteiger partial charge in [-0.05, 0) is 25.1 Å². The molecule has 1 fully saturated rings. The molecule has 1 aromatic carbocycles. The molecule has 2 aliphatic rings. The van der Waals surface area contributed by atoms with Crippen LogP contribution in [0.3, 0.4) is 0 Å². The summed E-state index contributed by atoms with van der Waals surface area (Å²) in [4.78, 5) is 16.6. The predicted octanol–water partition coefficient (Wildman–Crippen LogP) is 1.36. The molecule has 0 saturated carbocycles. The Morgan fingerprint density at radius 1 is 1.48 bits per heavy atom. The highest BCUT2D eigenvalue weighted by Gasteiger charge is 2.27. The number of rotatable bonds is 2. The zero-order valence-electron chi connectivity index (χ0n) is 12.1. The smallest absolute Gasteiger partial charge is 0.242 e. The zero-order chi connectivity index (χ0) is 14.8. The fraction of sp³-hybridized carbons (Fsp3) is 0.533. The van der Waals surface area contributed by atoms with E-state index in [0.29, 0.717) is 24.7 Å². The largest absolute Gasteiger partial charge is 0.490 e. The number of nitrogens with zero attached hydrogens (tertiary/aromatic N) is 2. The molecule has 1 atom stereocenters. The molecule has 2 heterocycles. The van der Waals surface area contributed by atoms with Gasteiger partial charge in [-0.15, -0.1) is 0 Å². The van der Waals surface area contributed by atoms with E-state index in [9.17, 15) is 4.79 Å². The number of carbonyl (C=O) groups is 1. The van der Waals surface area contributed by atoms with E-state index < -0.39 is 0 Å². The first-order valence-electron chi connectivity index (χ1n) is 7.32. The third-order valence-corrected chi connectivity index (χ3v) is 4.26. The minimum absolute atomic E-state index is 0.164. The molecule has 6 heteroatoms. The Labute approximate surface area is 129 Å². The van der Waals surface area contributed by atoms with Crippen LogP contribution in [0.15, 0.2) is 18.2 Å². The quantitative estimate of drug-likeness (QED) is 0.896. The number of amides is 1. The van der Waals surface area contributed by atoms with Gasteiger partial charge in [0, 0.05) is 30.7 Å². The van der Waals surface area contributed by atoms with E-state index in [2.05, 4.69) is 17.1 Å². The third kappa shape index (κ3) is 3.09. The Kier molecular flexibility index (Phi) is 4.22. The lowest BCUT2D eigenvalue weighted by Crippen LogP contribution is -2.55. The molecule has 0 aromatic heterocycles. The number of anilines is 1. The highest BCUT2D eigenvalue weighted by molar-refractivity contribution is 6.31. The van der Waals surface area contributed by atoms with Crippen molar-refractivity contribution in [3.63, 3.8) is 0 Å². The maximum Gasteiger partial charge on any atom is 0.242 e. The maximum atomic E-state index is 12.6. The van der Waals surface area contributed by atoms with Gasteiger partial charge in [0.15, 0.2) is 0 Å². The van der Waals surface area contributed by atoms with Crippen LogP contribution >= 0.6 is 11.6 Å². The van der Waals surface area contributed by atoms with Gasteiger partial charge >= 0.3 is 0 Å². The van der Waals surface area contributed by atoms with Gasteiger partial charge < -0.3 is 19.9 Å². The van der Waals surface area contributed by atoms with Crippen molar-refractivity contribution in [3.05, 3.63) is 23.2 Å². The maximum absolute atomic E-state index is 12.6. The second-order valence-electron chi connectivity index (χ2n) is 5.52. The van der Waals surface area contributed by atoms with Crippen molar-refractivity contribution < 1.29 is 9.53 Å². The fourth-order valence-corrected chi connectivity index (χ4v) is 3.04. The van der Waals surface area contributed by atoms with E-state index in [1.807, 2.05) is 23.1 Å². The normalized spacial score (nSPS) is 21.7. The number of ether oxygens (including phenoxy) is 1. The highest BCUT2D eigenvalue weighted by Crippen LogP contribution is 2.33. The summed E-state index contributed by atoms with van der Waals surface area (Å²) in [5, 5.41) is 3.96. The summed E-state index contributed by atoms with van der Waals surface area (Å²) in [6, 6.07) is 5.78. The Hall–Kier alpha value is -1.46. The van der Waals surface area contributed by atoms with Crippen molar-refractivity contribution in [1.82, 2.24) is 10.2 Å². The van der Waals surface area contributed by atoms with Crippen molar-refractivity contribution in [2.45, 2.75) is 13.0 Å². The lowest BCUT2D eigenvalue weighted by Gasteiger charge is -2.37. The molecular weight excluding hydrogens is 290 g/mol. The molecule has 0 unspecified atom stereocenters. The van der Waals surface area contributed by atoms with E-state index in [4.69, 9.17) is 16.3 Å². The number of hydrogen-bond donors (Lipinski definition) is 1. The Morgan fingerprint density at radius 2 is 2.33 bits per heavy atom. The standard InChI is InChI=1S/C15H20ClN3O2/c1-11-9-17-4-5-19(11)15(20)10-18-6-7-21-14-3-2-12(16)8-13(14)18/h2-3,8,11,17H,4-7,9-10H2,1H3/t11-/m1/s1. The molecule has 21 heavy (non-hydrogen) atoms. The summed E-state index contributed by atoms with van der Waals surface area (Å²) >= 11 is 6.06. The number of hydrogen-bond acceptors (Lipinski definition) is 4. The van der Waals surface area contributed by atoms with Crippen LogP contribution in [0.1, 0.15) is 6.92 Å². The lowest BCUT2D eigenvalue weighted by molar-refractivity contribution is -0.132. The molecule has 0 spiro atoms. The fourth-order valence-electron chi connectivity index (χ4n) is 2.88. The van der Waals surface area contributed by atoms with Crippen LogP contribution in [0, 0.1) is 0 Å². The SMILES string of the molecule is C[C@@H]1CNCCN1C(=O)CN1CCOc2ccc(Cl)cc21. The second-order valence-corrected chi connectivity index (χ2v) is 5.96. The van der Waals surface area contributed by atoms with E-state index in [1.54, 1.807) is 0 Å². The summed E-state index contributed by atoms with van der Waals surface area (Å²) < 4.78 is 5.62. The van der Waals surface area contributed by atoms with Crippen LogP contribution in [0.2, 0.25) is 5.02 Å². The average molecular weight is 310 g/mol. The molecule has 5 nitrogen and oxygen atoms in total. The molecular formula is C15H20ClN3O2. The lowest BCUT2D eigenvalue weighted by atomic mass is 10.2. The molecule has 114 valence electrons. The van der Waals surface area contributed by atoms with Gasteiger partial charge in [-0.2, -0.15) is 0 Å². The first-order valence-corrected chi connectivity index (χ1v) is 7.70. The van der Waals surface area contributed by atoms with E-state index in [1.165, 1.54) is 0 Å². The monoisotopic (exact) mass is 309 g/mol. The van der Waals surface area contributed by atoms with Gasteiger partial charge in [-0.3, -0.25) is 4.79 Å². The average Bonchev–Trinajstić information content (AvgIpc) is 2.48. The van der Waals surface area contributed by atoms with Gasteiger partial charge in [-0.1, -0.05) is 11.6 Å². The van der Waals surface area contributed by atoms with E-state index in [0.717, 1.165) is 31.1 Å². The summed E-state index contributed by atoms with van der Waals surface area (Å²) in [6.45, 7) is 6.25. The van der Waals surface area contributed by atoms with Crippen LogP contribution in [0.5, 0.6) is 5.75 Å². The number of piperazine rings is 1. The van der Waals surface area contributed by atoms with Crippen LogP contribution in [-0.4, -0.2) is 56.2 Å². The van der Waals surface area contributed by atoms with Crippen molar-refractivity contribution in [1.29, 1.82) is 0 Å². The van der Waals surface area contributed by atoms with Gasteiger partial charge in [0.2, 0.25) is 5.91 Å². The van der Waals surface area contributed by atoms with Crippen LogP contribution < -0.4 is 15.0 Å². The molecule has 0 radical (unpaired) electrons. The molecule has 0 aliphatic carbocycles. The molecule has 1 amide bonds. The van der Waals surface area contributed by atoms with Gasteiger partial charge in [0.25, 0.3) is 0 Å². The van der Waals surface area contributed by atoms with Crippen LogP contribution in [0.4, 0.5) is 5.69 Å². The minimum Gasteiger partial charge on any atom is -0.490 e. The summed E-state index contributed by atoms with van der Waals surface area (Å²) in [7, 11) is 0. The van der Waals surface area contributed by atoms with Crippen molar-refractivity contribution in [2.75, 3.05) is 44.2 Å².